The van der Waals surface area contributed by atoms with E-state index in [1.165, 1.54) is 16.7 Å². The van der Waals surface area contributed by atoms with Gasteiger partial charge in [0.2, 0.25) is 5.91 Å². The smallest absolute Gasteiger partial charge is 0.407 e. The molecule has 2 rings (SSSR count). The number of carbonyl (C=O) groups excluding carboxylic acids is 3. The van der Waals surface area contributed by atoms with Crippen LogP contribution < -0.4 is 10.6 Å². The number of likely N-dealkylation sites (tertiary alicyclic amines) is 1. The van der Waals surface area contributed by atoms with E-state index in [2.05, 4.69) is 20.3 Å². The van der Waals surface area contributed by atoms with Crippen molar-refractivity contribution in [2.45, 2.75) is 75.9 Å². The fraction of sp³-hybridized carbons (Fsp3) is 0.667. The molecule has 1 heterocycles. The van der Waals surface area contributed by atoms with Gasteiger partial charge in [-0.05, 0) is 63.4 Å². The second-order valence-electron chi connectivity index (χ2n) is 11.0. The molecular weight excluding hydrogens is 670 g/mol. The van der Waals surface area contributed by atoms with Crippen molar-refractivity contribution in [2.75, 3.05) is 51.0 Å². The van der Waals surface area contributed by atoms with Crippen molar-refractivity contribution in [1.82, 2.24) is 26.3 Å². The molecule has 0 radical (unpaired) electrons. The van der Waals surface area contributed by atoms with Crippen molar-refractivity contribution in [3.63, 3.8) is 0 Å². The number of nitrogens with one attached hydrogen (secondary N) is 2. The Morgan fingerprint density at radius 2 is 1.55 bits per heavy atom. The molecule has 3 atom stereocenters. The Kier molecular flexibility index (Phi) is 21.4. The number of unbranched alkanes of at least 4 members (excludes halogenated alkanes) is 2. The molecule has 1 saturated heterocycles. The number of carboxylic acid groups (broad SMARTS) is 1. The summed E-state index contributed by atoms with van der Waals surface area (Å²) in [4.78, 5) is 61.4. The summed E-state index contributed by atoms with van der Waals surface area (Å²) in [6.07, 6.45) is 3.15. The van der Waals surface area contributed by atoms with E-state index < -0.39 is 42.1 Å². The van der Waals surface area contributed by atoms with Gasteiger partial charge >= 0.3 is 18.0 Å². The molecule has 0 saturated carbocycles. The number of benzene rings is 1. The van der Waals surface area contributed by atoms with E-state index >= 15 is 0 Å². The number of hydrogen-bond donors (Lipinski definition) is 7. The maximum atomic E-state index is 13.9. The third kappa shape index (κ3) is 18.5. The number of ether oxygens (including phenoxy) is 2. The van der Waals surface area contributed by atoms with Crippen LogP contribution in [0.5, 0.6) is 0 Å². The largest absolute Gasteiger partial charge is 0.480 e. The van der Waals surface area contributed by atoms with E-state index in [1.807, 2.05) is 30.3 Å². The third-order valence-corrected chi connectivity index (χ3v) is 8.36. The van der Waals surface area contributed by atoms with Gasteiger partial charge < -0.3 is 24.8 Å². The number of carbonyl (C=O) groups is 4. The van der Waals surface area contributed by atoms with Crippen LogP contribution in [-0.2, 0) is 40.0 Å². The molecule has 1 aromatic carbocycles. The van der Waals surface area contributed by atoms with Crippen LogP contribution in [0.3, 0.4) is 0 Å². The lowest BCUT2D eigenvalue weighted by molar-refractivity contribution is -0.492. The molecule has 49 heavy (non-hydrogen) atoms. The Hall–Kier alpha value is -3.11. The quantitative estimate of drug-likeness (QED) is 0.0411. The van der Waals surface area contributed by atoms with Crippen LogP contribution in [0, 0.1) is 0 Å². The predicted octanol–water partition coefficient (Wildman–Crippen LogP) is 2.00. The molecule has 3 unspecified atom stereocenters. The zero-order valence-corrected chi connectivity index (χ0v) is 28.2. The van der Waals surface area contributed by atoms with Crippen molar-refractivity contribution >= 4 is 35.7 Å². The van der Waals surface area contributed by atoms with Crippen LogP contribution >= 0.6 is 11.8 Å². The Morgan fingerprint density at radius 3 is 2.27 bits per heavy atom. The highest BCUT2D eigenvalue weighted by molar-refractivity contribution is 7.99. The highest BCUT2D eigenvalue weighted by Gasteiger charge is 2.39. The van der Waals surface area contributed by atoms with E-state index in [0.717, 1.165) is 5.56 Å². The molecule has 1 fully saturated rings. The lowest BCUT2D eigenvalue weighted by atomic mass is 10.0. The van der Waals surface area contributed by atoms with E-state index in [-0.39, 0.29) is 56.6 Å². The summed E-state index contributed by atoms with van der Waals surface area (Å²) in [5.74, 6) is -1.17. The Morgan fingerprint density at radius 1 is 0.857 bits per heavy atom. The molecule has 18 nitrogen and oxygen atoms in total. The first-order chi connectivity index (χ1) is 23.6. The van der Waals surface area contributed by atoms with Crippen LogP contribution in [0.2, 0.25) is 0 Å². The number of nitrogens with zero attached hydrogens (tertiary/aromatic N) is 3. The summed E-state index contributed by atoms with van der Waals surface area (Å²) in [5.41, 5.74) is 0.962. The van der Waals surface area contributed by atoms with E-state index in [9.17, 15) is 24.3 Å². The zero-order valence-electron chi connectivity index (χ0n) is 27.4. The highest BCUT2D eigenvalue weighted by atomic mass is 32.2. The standard InChI is InChI=1S/C30H49N5O13S/c36-27(33-16-8-12-26(33)29(39)45-19-21-49-22-20-48-35(43)44)24(32-25(28(37)38)14-13-23-9-2-1-3-10-23)11-4-5-15-31-30(40)46-17-6-7-18-47-34(41)42/h1-3,9-10,24-26,32,41-44H,4-8,11-22H2,(H,31,40)(H,37,38). The summed E-state index contributed by atoms with van der Waals surface area (Å²) in [6.45, 7) is 0.845. The molecule has 2 amide bonds. The lowest BCUT2D eigenvalue weighted by Gasteiger charge is -2.30. The molecule has 0 bridgehead atoms. The summed E-state index contributed by atoms with van der Waals surface area (Å²) >= 11 is 1.37. The minimum absolute atomic E-state index is 0.0359. The third-order valence-electron chi connectivity index (χ3n) is 7.44. The van der Waals surface area contributed by atoms with Gasteiger partial charge in [-0.25, -0.2) is 14.4 Å². The van der Waals surface area contributed by atoms with Crippen LogP contribution in [0.1, 0.15) is 56.9 Å². The maximum absolute atomic E-state index is 13.9. The number of rotatable bonds is 26. The average molecular weight is 720 g/mol. The lowest BCUT2D eigenvalue weighted by Crippen LogP contribution is -2.54. The maximum Gasteiger partial charge on any atom is 0.407 e. The van der Waals surface area contributed by atoms with Crippen LogP contribution in [0.15, 0.2) is 30.3 Å². The second-order valence-corrected chi connectivity index (χ2v) is 12.3. The van der Waals surface area contributed by atoms with Crippen LogP contribution in [0.25, 0.3) is 0 Å². The first-order valence-electron chi connectivity index (χ1n) is 16.2. The molecule has 0 aromatic heterocycles. The fourth-order valence-electron chi connectivity index (χ4n) is 5.04. The van der Waals surface area contributed by atoms with Gasteiger partial charge in [-0.1, -0.05) is 30.3 Å². The number of thioether (sulfide) groups is 1. The molecular formula is C30H49N5O13S. The van der Waals surface area contributed by atoms with E-state index in [1.54, 1.807) is 0 Å². The molecule has 7 N–H and O–H groups in total. The van der Waals surface area contributed by atoms with Gasteiger partial charge in [0.25, 0.3) is 0 Å². The van der Waals surface area contributed by atoms with Gasteiger partial charge in [0, 0.05) is 24.6 Å². The summed E-state index contributed by atoms with van der Waals surface area (Å²) < 4.78 is 10.5. The molecule has 1 aromatic rings. The number of alkyl carbamates (subject to hydrolysis) is 1. The van der Waals surface area contributed by atoms with Gasteiger partial charge in [0.1, 0.15) is 18.7 Å². The van der Waals surface area contributed by atoms with Crippen molar-refractivity contribution < 1.29 is 64.3 Å². The molecule has 0 aliphatic carbocycles. The van der Waals surface area contributed by atoms with Crippen molar-refractivity contribution in [3.8, 4) is 0 Å². The van der Waals surface area contributed by atoms with E-state index in [4.69, 9.17) is 30.3 Å². The number of esters is 1. The minimum Gasteiger partial charge on any atom is -0.480 e. The summed E-state index contributed by atoms with van der Waals surface area (Å²) in [5, 5.41) is 49.0. The van der Waals surface area contributed by atoms with Crippen LogP contribution in [0.4, 0.5) is 4.79 Å². The second kappa shape index (κ2) is 24.9. The predicted molar refractivity (Wildman–Crippen MR) is 171 cm³/mol. The molecule has 278 valence electrons. The first-order valence-corrected chi connectivity index (χ1v) is 17.3. The van der Waals surface area contributed by atoms with Gasteiger partial charge in [-0.15, -0.1) is 0 Å². The van der Waals surface area contributed by atoms with Gasteiger partial charge in [0.05, 0.1) is 36.6 Å². The average Bonchev–Trinajstić information content (AvgIpc) is 3.56. The normalized spacial score (nSPS) is 15.7. The molecule has 19 heteroatoms. The number of amides is 2. The molecule has 1 aliphatic heterocycles. The molecule has 0 spiro atoms. The Labute approximate surface area is 288 Å². The number of aryl methyl sites for hydroxylation is 1. The number of hydrogen-bond acceptors (Lipinski definition) is 16. The van der Waals surface area contributed by atoms with Gasteiger partial charge in [-0.2, -0.15) is 11.8 Å². The topological polar surface area (TPSA) is 240 Å². The number of carboxylic acids is 1. The summed E-state index contributed by atoms with van der Waals surface area (Å²) in [7, 11) is 0. The van der Waals surface area contributed by atoms with Crippen LogP contribution in [-0.4, -0.2) is 135 Å². The monoisotopic (exact) mass is 719 g/mol. The zero-order chi connectivity index (χ0) is 35.9. The minimum atomic E-state index is -1.10. The number of aliphatic carboxylic acids is 1. The van der Waals surface area contributed by atoms with Crippen molar-refractivity contribution in [2.24, 2.45) is 0 Å². The Balaban J connectivity index is 1.92. The van der Waals surface area contributed by atoms with Gasteiger partial charge in [0.15, 0.2) is 0 Å². The van der Waals surface area contributed by atoms with E-state index in [0.29, 0.717) is 63.0 Å². The highest BCUT2D eigenvalue weighted by Crippen LogP contribution is 2.22. The summed E-state index contributed by atoms with van der Waals surface area (Å²) in [6, 6.07) is 6.69. The molecule has 1 aliphatic rings. The fourth-order valence-corrected chi connectivity index (χ4v) is 5.64. The van der Waals surface area contributed by atoms with Crippen molar-refractivity contribution in [3.05, 3.63) is 35.9 Å². The Bertz CT molecular complexity index is 1110. The SMILES string of the molecule is O=C(NCCCCC(NC(CCc1ccccc1)C(=O)O)C(=O)N1CCCC1C(=O)OCCSCCON(O)O)OCCCCON(O)O. The van der Waals surface area contributed by atoms with Crippen molar-refractivity contribution in [1.29, 1.82) is 0 Å². The van der Waals surface area contributed by atoms with Gasteiger partial charge in [-0.3, -0.25) is 40.6 Å². The first kappa shape index (κ1) is 42.1.